The van der Waals surface area contributed by atoms with E-state index >= 15 is 0 Å². The Labute approximate surface area is 92.9 Å². The Kier molecular flexibility index (Phi) is 2.77. The van der Waals surface area contributed by atoms with Crippen LogP contribution in [0.25, 0.3) is 11.1 Å². The van der Waals surface area contributed by atoms with Gasteiger partial charge >= 0.3 is 0 Å². The lowest BCUT2D eigenvalue weighted by molar-refractivity contribution is 0.374. The quantitative estimate of drug-likeness (QED) is 0.837. The number of hydrogen-bond acceptors (Lipinski definition) is 2. The van der Waals surface area contributed by atoms with Gasteiger partial charge in [-0.25, -0.2) is 4.39 Å². The molecule has 0 bridgehead atoms. The van der Waals surface area contributed by atoms with Crippen molar-refractivity contribution in [1.82, 2.24) is 0 Å². The summed E-state index contributed by atoms with van der Waals surface area (Å²) in [6.45, 7) is 0. The van der Waals surface area contributed by atoms with Gasteiger partial charge < -0.3 is 9.84 Å². The number of hydrogen-bond donors (Lipinski definition) is 1. The van der Waals surface area contributed by atoms with Crippen LogP contribution in [0.3, 0.4) is 0 Å². The maximum atomic E-state index is 13.0. The van der Waals surface area contributed by atoms with Crippen molar-refractivity contribution in [1.29, 1.82) is 0 Å². The smallest absolute Gasteiger partial charge is 0.166 e. The molecule has 0 heterocycles. The summed E-state index contributed by atoms with van der Waals surface area (Å²) in [4.78, 5) is 0. The molecule has 0 atom stereocenters. The second kappa shape index (κ2) is 4.23. The van der Waals surface area contributed by atoms with Gasteiger partial charge in [0.25, 0.3) is 0 Å². The number of rotatable bonds is 2. The molecule has 0 saturated carbocycles. The second-order valence-corrected chi connectivity index (χ2v) is 3.28. The number of phenolic OH excluding ortho intramolecular Hbond substituents is 1. The van der Waals surface area contributed by atoms with Crippen molar-refractivity contribution in [3.63, 3.8) is 0 Å². The third-order valence-corrected chi connectivity index (χ3v) is 2.27. The number of halogens is 1. The van der Waals surface area contributed by atoms with Crippen LogP contribution in [0.2, 0.25) is 0 Å². The molecule has 0 unspecified atom stereocenters. The molecule has 0 aliphatic rings. The molecule has 0 aromatic heterocycles. The summed E-state index contributed by atoms with van der Waals surface area (Å²) < 4.78 is 18.0. The van der Waals surface area contributed by atoms with Crippen molar-refractivity contribution >= 4 is 0 Å². The van der Waals surface area contributed by atoms with E-state index in [4.69, 9.17) is 4.74 Å². The Bertz CT molecular complexity index is 509. The van der Waals surface area contributed by atoms with E-state index < -0.39 is 0 Å². The van der Waals surface area contributed by atoms with Crippen molar-refractivity contribution in [2.45, 2.75) is 0 Å². The lowest BCUT2D eigenvalue weighted by Crippen LogP contribution is -1.87. The van der Waals surface area contributed by atoms with E-state index in [9.17, 15) is 9.50 Å². The molecule has 2 nitrogen and oxygen atoms in total. The predicted molar refractivity (Wildman–Crippen MR) is 58.9 cm³/mol. The van der Waals surface area contributed by atoms with E-state index in [2.05, 4.69) is 6.07 Å². The monoisotopic (exact) mass is 217 g/mol. The van der Waals surface area contributed by atoms with Gasteiger partial charge in [-0.05, 0) is 35.9 Å². The molecular weight excluding hydrogens is 207 g/mol. The molecule has 1 radical (unpaired) electrons. The van der Waals surface area contributed by atoms with Gasteiger partial charge in [-0.15, -0.1) is 0 Å². The maximum absolute atomic E-state index is 13.0. The molecule has 2 aromatic carbocycles. The summed E-state index contributed by atoms with van der Waals surface area (Å²) in [6, 6.07) is 12.0. The fourth-order valence-electron chi connectivity index (χ4n) is 1.50. The van der Waals surface area contributed by atoms with Crippen LogP contribution in [-0.2, 0) is 0 Å². The average molecular weight is 217 g/mol. The minimum absolute atomic E-state index is 0.0319. The molecule has 0 fully saturated rings. The van der Waals surface area contributed by atoms with Crippen LogP contribution in [0.4, 0.5) is 4.39 Å². The van der Waals surface area contributed by atoms with E-state index in [-0.39, 0.29) is 11.6 Å². The first-order valence-corrected chi connectivity index (χ1v) is 4.76. The normalized spacial score (nSPS) is 10.1. The predicted octanol–water partition coefficient (Wildman–Crippen LogP) is 3.01. The number of benzene rings is 2. The molecule has 0 aliphatic heterocycles. The zero-order valence-electron chi connectivity index (χ0n) is 8.70. The van der Waals surface area contributed by atoms with Gasteiger partial charge in [0.05, 0.1) is 7.11 Å². The van der Waals surface area contributed by atoms with E-state index in [1.165, 1.54) is 19.2 Å². The van der Waals surface area contributed by atoms with Crippen molar-refractivity contribution < 1.29 is 14.2 Å². The topological polar surface area (TPSA) is 29.5 Å². The summed E-state index contributed by atoms with van der Waals surface area (Å²) >= 11 is 0. The molecule has 0 amide bonds. The van der Waals surface area contributed by atoms with Crippen LogP contribution >= 0.6 is 0 Å². The zero-order chi connectivity index (χ0) is 11.5. The Morgan fingerprint density at radius 1 is 1.31 bits per heavy atom. The number of methoxy groups -OCH3 is 1. The highest BCUT2D eigenvalue weighted by Gasteiger charge is 2.09. The molecule has 0 saturated heterocycles. The Morgan fingerprint density at radius 3 is 2.81 bits per heavy atom. The van der Waals surface area contributed by atoms with Crippen molar-refractivity contribution in [2.75, 3.05) is 7.11 Å². The maximum Gasteiger partial charge on any atom is 0.166 e. The second-order valence-electron chi connectivity index (χ2n) is 3.28. The van der Waals surface area contributed by atoms with Gasteiger partial charge in [-0.3, -0.25) is 0 Å². The largest absolute Gasteiger partial charge is 0.504 e. The summed E-state index contributed by atoms with van der Waals surface area (Å²) in [6.07, 6.45) is 0. The zero-order valence-corrected chi connectivity index (χ0v) is 8.70. The van der Waals surface area contributed by atoms with E-state index in [1.807, 2.05) is 0 Å². The lowest BCUT2D eigenvalue weighted by Gasteiger charge is -2.08. The third kappa shape index (κ3) is 1.84. The highest BCUT2D eigenvalue weighted by Crippen LogP contribution is 2.36. The van der Waals surface area contributed by atoms with Crippen LogP contribution in [0, 0.1) is 11.9 Å². The van der Waals surface area contributed by atoms with E-state index in [1.54, 1.807) is 24.3 Å². The standard InChI is InChI=1S/C13H10FO2/c1-16-12-7-3-6-11(13(12)15)9-4-2-5-10(14)8-9/h2-5,7-8,15H,1H3. The van der Waals surface area contributed by atoms with Gasteiger partial charge in [-0.2, -0.15) is 0 Å². The lowest BCUT2D eigenvalue weighted by atomic mass is 10.0. The summed E-state index contributed by atoms with van der Waals surface area (Å²) in [5, 5.41) is 9.85. The molecular formula is C13H10FO2. The average Bonchev–Trinajstić information content (AvgIpc) is 2.29. The third-order valence-electron chi connectivity index (χ3n) is 2.27. The minimum atomic E-state index is -0.354. The number of aromatic hydroxyl groups is 1. The summed E-state index contributed by atoms with van der Waals surface area (Å²) in [7, 11) is 1.46. The van der Waals surface area contributed by atoms with Crippen LogP contribution in [0.1, 0.15) is 0 Å². The molecule has 0 aliphatic carbocycles. The van der Waals surface area contributed by atoms with Crippen LogP contribution in [0.5, 0.6) is 11.5 Å². The highest BCUT2D eigenvalue weighted by molar-refractivity contribution is 5.72. The van der Waals surface area contributed by atoms with E-state index in [0.29, 0.717) is 16.9 Å². The first-order valence-electron chi connectivity index (χ1n) is 4.76. The molecule has 2 rings (SSSR count). The van der Waals surface area contributed by atoms with Crippen molar-refractivity contribution in [3.05, 3.63) is 48.3 Å². The van der Waals surface area contributed by atoms with Crippen molar-refractivity contribution in [2.24, 2.45) is 0 Å². The molecule has 0 spiro atoms. The molecule has 16 heavy (non-hydrogen) atoms. The Hall–Kier alpha value is -2.03. The first-order chi connectivity index (χ1) is 7.72. The van der Waals surface area contributed by atoms with Gasteiger partial charge in [0, 0.05) is 5.56 Å². The van der Waals surface area contributed by atoms with Gasteiger partial charge in [-0.1, -0.05) is 12.1 Å². The van der Waals surface area contributed by atoms with Crippen LogP contribution in [-0.4, -0.2) is 12.2 Å². The van der Waals surface area contributed by atoms with Crippen LogP contribution < -0.4 is 4.74 Å². The van der Waals surface area contributed by atoms with Crippen LogP contribution in [0.15, 0.2) is 36.4 Å². The number of ether oxygens (including phenoxy) is 1. The van der Waals surface area contributed by atoms with Crippen molar-refractivity contribution in [3.8, 4) is 22.6 Å². The fraction of sp³-hybridized carbons (Fsp3) is 0.0769. The molecule has 2 aromatic rings. The highest BCUT2D eigenvalue weighted by atomic mass is 19.1. The molecule has 3 heteroatoms. The number of phenols is 1. The van der Waals surface area contributed by atoms with Gasteiger partial charge in [0.15, 0.2) is 11.5 Å². The minimum Gasteiger partial charge on any atom is -0.504 e. The first kappa shape index (κ1) is 10.5. The van der Waals surface area contributed by atoms with Gasteiger partial charge in [0.2, 0.25) is 0 Å². The van der Waals surface area contributed by atoms with E-state index in [0.717, 1.165) is 0 Å². The molecule has 1 N–H and O–H groups in total. The Morgan fingerprint density at radius 2 is 2.12 bits per heavy atom. The van der Waals surface area contributed by atoms with Gasteiger partial charge in [0.1, 0.15) is 5.82 Å². The summed E-state index contributed by atoms with van der Waals surface area (Å²) in [5.41, 5.74) is 0.996. The Balaban J connectivity index is 2.56. The fourth-order valence-corrected chi connectivity index (χ4v) is 1.50. The SMILES string of the molecule is COc1cc[c]c(-c2cccc(F)c2)c1O. The summed E-state index contributed by atoms with van der Waals surface area (Å²) in [5.74, 6) is -0.0401. The molecule has 81 valence electrons.